The largest absolute Gasteiger partial charge is 0.346 e. The molecule has 0 bridgehead atoms. The van der Waals surface area contributed by atoms with Gasteiger partial charge >= 0.3 is 0 Å². The van der Waals surface area contributed by atoms with Crippen LogP contribution in [0.1, 0.15) is 6.92 Å². The highest BCUT2D eigenvalue weighted by molar-refractivity contribution is 7.36. The third-order valence-electron chi connectivity index (χ3n) is 0. The van der Waals surface area contributed by atoms with Crippen LogP contribution < -0.4 is 5.73 Å². The standard InChI is InChI=1S/C2H7N.CH5O2P/c1-2-3;1-4(2)3/h2-3H2,1H3;4H,1H3,(H,2,3). The Kier molecular flexibility index (Phi) is 13.8. The molecule has 3 N–H and O–H groups in total. The van der Waals surface area contributed by atoms with E-state index in [1.807, 2.05) is 6.92 Å². The van der Waals surface area contributed by atoms with E-state index in [1.54, 1.807) is 0 Å². The fourth-order valence-electron chi connectivity index (χ4n) is 0. The van der Waals surface area contributed by atoms with Crippen LogP contribution in [-0.2, 0) is 4.57 Å². The average molecular weight is 125 g/mol. The van der Waals surface area contributed by atoms with Crippen molar-refractivity contribution in [3.05, 3.63) is 0 Å². The summed E-state index contributed by atoms with van der Waals surface area (Å²) in [4.78, 5) is 7.60. The van der Waals surface area contributed by atoms with Crippen LogP contribution in [0.5, 0.6) is 0 Å². The second kappa shape index (κ2) is 9.47. The first kappa shape index (κ1) is 10.2. The molecular formula is C3H12NO2P. The molecule has 0 fully saturated rings. The Bertz CT molecular complexity index is 44.2. The van der Waals surface area contributed by atoms with Crippen molar-refractivity contribution >= 4 is 8.03 Å². The Labute approximate surface area is 44.4 Å². The predicted octanol–water partition coefficient (Wildman–Crippen LogP) is 0.0482. The number of nitrogens with two attached hydrogens (primary N) is 1. The molecule has 0 saturated carbocycles. The number of hydrogen-bond donors (Lipinski definition) is 2. The molecule has 46 valence electrons. The average Bonchev–Trinajstić information content (AvgIpc) is 1.33. The minimum Gasteiger partial charge on any atom is -0.346 e. The van der Waals surface area contributed by atoms with Crippen LogP contribution in [0.4, 0.5) is 0 Å². The van der Waals surface area contributed by atoms with E-state index in [9.17, 15) is 4.57 Å². The van der Waals surface area contributed by atoms with Gasteiger partial charge in [-0.05, 0) is 6.54 Å². The highest BCUT2D eigenvalue weighted by atomic mass is 31.1. The molecule has 3 nitrogen and oxygen atoms in total. The molecule has 4 heteroatoms. The van der Waals surface area contributed by atoms with Crippen molar-refractivity contribution in [1.82, 2.24) is 0 Å². The summed E-state index contributed by atoms with van der Waals surface area (Å²) >= 11 is 0. The summed E-state index contributed by atoms with van der Waals surface area (Å²) in [7, 11) is -2.13. The van der Waals surface area contributed by atoms with Crippen LogP contribution in [0.2, 0.25) is 0 Å². The summed E-state index contributed by atoms with van der Waals surface area (Å²) in [5.41, 5.74) is 4.85. The Morgan fingerprint density at radius 1 is 1.86 bits per heavy atom. The highest BCUT2D eigenvalue weighted by Gasteiger charge is 1.60. The van der Waals surface area contributed by atoms with E-state index in [0.717, 1.165) is 6.54 Å². The smallest absolute Gasteiger partial charge is 0.186 e. The van der Waals surface area contributed by atoms with Gasteiger partial charge in [-0.15, -0.1) is 0 Å². The third kappa shape index (κ3) is 4710. The normalized spacial score (nSPS) is 11.4. The van der Waals surface area contributed by atoms with Crippen molar-refractivity contribution in [3.8, 4) is 0 Å². The van der Waals surface area contributed by atoms with Crippen LogP contribution in [0.25, 0.3) is 0 Å². The summed E-state index contributed by atoms with van der Waals surface area (Å²) in [5.74, 6) is 0. The fraction of sp³-hybridized carbons (Fsp3) is 1.00. The van der Waals surface area contributed by atoms with Crippen molar-refractivity contribution < 1.29 is 9.46 Å². The first-order valence-corrected chi connectivity index (χ1v) is 3.90. The fourth-order valence-corrected chi connectivity index (χ4v) is 0. The Morgan fingerprint density at radius 2 is 1.86 bits per heavy atom. The van der Waals surface area contributed by atoms with Crippen molar-refractivity contribution in [1.29, 1.82) is 0 Å². The van der Waals surface area contributed by atoms with Gasteiger partial charge in [0.1, 0.15) is 0 Å². The summed E-state index contributed by atoms with van der Waals surface area (Å²) in [5, 5.41) is 0. The molecule has 0 spiro atoms. The third-order valence-corrected chi connectivity index (χ3v) is 0. The topological polar surface area (TPSA) is 63.3 Å². The zero-order valence-electron chi connectivity index (χ0n) is 4.64. The molecule has 0 radical (unpaired) electrons. The van der Waals surface area contributed by atoms with E-state index in [-0.39, 0.29) is 0 Å². The lowest BCUT2D eigenvalue weighted by Crippen LogP contribution is -1.87. The summed E-state index contributed by atoms with van der Waals surface area (Å²) < 4.78 is 9.19. The van der Waals surface area contributed by atoms with E-state index >= 15 is 0 Å². The summed E-state index contributed by atoms with van der Waals surface area (Å²) in [6.45, 7) is 3.92. The second-order valence-corrected chi connectivity index (χ2v) is 1.97. The molecule has 1 unspecified atom stereocenters. The van der Waals surface area contributed by atoms with Crippen molar-refractivity contribution in [2.45, 2.75) is 6.92 Å². The maximum absolute atomic E-state index is 9.19. The molecule has 1 atom stereocenters. The van der Waals surface area contributed by atoms with Gasteiger partial charge in [0.15, 0.2) is 8.03 Å². The van der Waals surface area contributed by atoms with Gasteiger partial charge in [0.25, 0.3) is 0 Å². The van der Waals surface area contributed by atoms with Crippen molar-refractivity contribution in [2.24, 2.45) is 5.73 Å². The van der Waals surface area contributed by atoms with Crippen LogP contribution >= 0.6 is 8.03 Å². The zero-order chi connectivity index (χ0) is 6.28. The maximum Gasteiger partial charge on any atom is 0.186 e. The SMILES string of the molecule is CCN.C[PH](=O)O. The molecule has 0 aliphatic heterocycles. The van der Waals surface area contributed by atoms with Crippen LogP contribution in [0.15, 0.2) is 0 Å². The molecule has 0 saturated heterocycles. The molecule has 0 aliphatic carbocycles. The van der Waals surface area contributed by atoms with E-state index in [2.05, 4.69) is 0 Å². The Hall–Kier alpha value is 0.150. The first-order chi connectivity index (χ1) is 3.15. The van der Waals surface area contributed by atoms with Crippen LogP contribution in [-0.4, -0.2) is 18.1 Å². The predicted molar refractivity (Wildman–Crippen MR) is 31.9 cm³/mol. The highest BCUT2D eigenvalue weighted by Crippen LogP contribution is 1.99. The van der Waals surface area contributed by atoms with E-state index in [4.69, 9.17) is 10.6 Å². The van der Waals surface area contributed by atoms with Gasteiger partial charge in [-0.3, -0.25) is 4.57 Å². The van der Waals surface area contributed by atoms with Gasteiger partial charge < -0.3 is 10.6 Å². The lowest BCUT2D eigenvalue weighted by atomic mass is 10.8. The lowest BCUT2D eigenvalue weighted by Gasteiger charge is -1.61. The minimum atomic E-state index is -2.13. The minimum absolute atomic E-state index is 0.750. The number of rotatable bonds is 0. The molecule has 0 amide bonds. The van der Waals surface area contributed by atoms with Crippen LogP contribution in [0, 0.1) is 0 Å². The molecule has 0 aromatic carbocycles. The van der Waals surface area contributed by atoms with E-state index in [0.29, 0.717) is 0 Å². The van der Waals surface area contributed by atoms with Gasteiger partial charge in [0.2, 0.25) is 0 Å². The van der Waals surface area contributed by atoms with E-state index < -0.39 is 8.03 Å². The van der Waals surface area contributed by atoms with Gasteiger partial charge in [0, 0.05) is 6.66 Å². The Morgan fingerprint density at radius 3 is 1.86 bits per heavy atom. The number of hydrogen-bond acceptors (Lipinski definition) is 2. The van der Waals surface area contributed by atoms with Gasteiger partial charge in [-0.25, -0.2) is 0 Å². The summed E-state index contributed by atoms with van der Waals surface area (Å²) in [6.07, 6.45) is 0. The lowest BCUT2D eigenvalue weighted by molar-refractivity contribution is 0.509. The molecule has 7 heavy (non-hydrogen) atoms. The van der Waals surface area contributed by atoms with Gasteiger partial charge in [-0.1, -0.05) is 6.92 Å². The first-order valence-electron chi connectivity index (χ1n) is 2.04. The zero-order valence-corrected chi connectivity index (χ0v) is 5.64. The Balaban J connectivity index is 0. The van der Waals surface area contributed by atoms with Crippen molar-refractivity contribution in [2.75, 3.05) is 13.2 Å². The van der Waals surface area contributed by atoms with Crippen LogP contribution in [0.3, 0.4) is 0 Å². The quantitative estimate of drug-likeness (QED) is 0.449. The maximum atomic E-state index is 9.19. The van der Waals surface area contributed by atoms with Gasteiger partial charge in [-0.2, -0.15) is 0 Å². The summed E-state index contributed by atoms with van der Waals surface area (Å²) in [6, 6.07) is 0. The molecule has 0 aromatic heterocycles. The van der Waals surface area contributed by atoms with Gasteiger partial charge in [0.05, 0.1) is 0 Å². The molecule has 0 heterocycles. The van der Waals surface area contributed by atoms with E-state index in [1.165, 1.54) is 6.66 Å². The molecule has 0 rings (SSSR count). The molecular weight excluding hydrogens is 113 g/mol. The monoisotopic (exact) mass is 125 g/mol. The second-order valence-electron chi connectivity index (χ2n) is 0.927. The molecule has 0 aromatic rings. The van der Waals surface area contributed by atoms with Crippen molar-refractivity contribution in [3.63, 3.8) is 0 Å². The molecule has 0 aliphatic rings.